The van der Waals surface area contributed by atoms with E-state index < -0.39 is 42.2 Å². The van der Waals surface area contributed by atoms with E-state index in [0.29, 0.717) is 47.2 Å². The Kier molecular flexibility index (Phi) is 11.6. The highest BCUT2D eigenvalue weighted by Crippen LogP contribution is 2.40. The van der Waals surface area contributed by atoms with Gasteiger partial charge < -0.3 is 23.2 Å². The summed E-state index contributed by atoms with van der Waals surface area (Å²) in [5.41, 5.74) is -0.971. The second-order valence-electron chi connectivity index (χ2n) is 16.2. The van der Waals surface area contributed by atoms with Gasteiger partial charge in [-0.25, -0.2) is 20.9 Å². The molecule has 0 bridgehead atoms. The molecule has 1 fully saturated rings. The van der Waals surface area contributed by atoms with Crippen molar-refractivity contribution in [2.75, 3.05) is 13.2 Å². The van der Waals surface area contributed by atoms with Crippen LogP contribution < -0.4 is 21.6 Å². The highest BCUT2D eigenvalue weighted by atomic mass is 32.1. The number of carbonyl (C=O) groups is 1. The zero-order chi connectivity index (χ0) is 41.2. The maximum atomic E-state index is 15.3. The molecule has 1 unspecified atom stereocenters. The number of thiophene rings is 1. The summed E-state index contributed by atoms with van der Waals surface area (Å²) in [6.45, 7) is 20.0. The molecule has 0 amide bonds. The number of fused-ring (bicyclic) bond motifs is 1. The highest BCUT2D eigenvalue weighted by molar-refractivity contribution is 7.22. The quantitative estimate of drug-likeness (QED) is 0.0928. The van der Waals surface area contributed by atoms with Gasteiger partial charge in [-0.15, -0.1) is 11.3 Å². The molecule has 3 aromatic carbocycles. The van der Waals surface area contributed by atoms with E-state index in [1.54, 1.807) is 20.8 Å². The third-order valence-corrected chi connectivity index (χ3v) is 17.3. The number of hydrogen-bond donors (Lipinski definition) is 0. The van der Waals surface area contributed by atoms with E-state index in [2.05, 4.69) is 30.6 Å². The average Bonchev–Trinajstić information content (AvgIpc) is 3.87. The Bertz CT molecular complexity index is 2520. The van der Waals surface area contributed by atoms with Gasteiger partial charge in [-0.1, -0.05) is 106 Å². The Morgan fingerprint density at radius 1 is 0.966 bits per heavy atom. The van der Waals surface area contributed by atoms with Gasteiger partial charge in [-0.05, 0) is 60.2 Å². The van der Waals surface area contributed by atoms with Crippen LogP contribution in [0.4, 0.5) is 0 Å². The summed E-state index contributed by atoms with van der Waals surface area (Å²) in [5, 5.41) is 1.48. The Balaban J connectivity index is 1.44. The van der Waals surface area contributed by atoms with Crippen molar-refractivity contribution in [3.63, 3.8) is 0 Å². The van der Waals surface area contributed by atoms with Crippen LogP contribution in [0.1, 0.15) is 70.3 Å². The molecule has 0 N–H and O–H groups in total. The fourth-order valence-electron chi connectivity index (χ4n) is 8.05. The molecule has 4 heterocycles. The van der Waals surface area contributed by atoms with Crippen molar-refractivity contribution in [3.05, 3.63) is 146 Å². The molecule has 7 rings (SSSR count). The van der Waals surface area contributed by atoms with Crippen LogP contribution in [0.25, 0.3) is 25.8 Å². The van der Waals surface area contributed by atoms with Crippen molar-refractivity contribution in [2.24, 2.45) is 0 Å². The normalized spacial score (nSPS) is 14.6. The minimum absolute atomic E-state index is 0.00715. The maximum absolute atomic E-state index is 15.3. The van der Waals surface area contributed by atoms with Crippen LogP contribution in [-0.2, 0) is 37.3 Å². The molecule has 0 aliphatic carbocycles. The monoisotopic (exact) mass is 816 g/mol. The SMILES string of the molecule is [C-]#[N+]Cc1ccccc1C(Cn1c(=O)n(C(C)(C)C(=O)O[Si](c2ccccc2)(c2ccccc2)C(C)(C)C)c(=O)c2c(C)c(-c3ncco3)sc21)OC1CCOCC1. The molecule has 0 radical (unpaired) electrons. The molecule has 0 spiro atoms. The van der Waals surface area contributed by atoms with E-state index in [-0.39, 0.29) is 24.6 Å². The third-order valence-electron chi connectivity index (χ3n) is 11.1. The minimum Gasteiger partial charge on any atom is -0.508 e. The van der Waals surface area contributed by atoms with Crippen LogP contribution in [0.15, 0.2) is 111 Å². The topological polar surface area (TPSA) is 119 Å². The number of nitrogens with zero attached hydrogens (tertiary/aromatic N) is 4. The van der Waals surface area contributed by atoms with Crippen molar-refractivity contribution in [2.45, 2.75) is 90.3 Å². The summed E-state index contributed by atoms with van der Waals surface area (Å²) in [5.74, 6) is -0.392. The first-order valence-electron chi connectivity index (χ1n) is 19.5. The molecule has 1 saturated heterocycles. The molecule has 6 aromatic rings. The van der Waals surface area contributed by atoms with Crippen molar-refractivity contribution >= 4 is 46.2 Å². The summed E-state index contributed by atoms with van der Waals surface area (Å²) in [6, 6.07) is 27.1. The second-order valence-corrected chi connectivity index (χ2v) is 21.4. The van der Waals surface area contributed by atoms with Gasteiger partial charge in [0.1, 0.15) is 22.7 Å². The Hall–Kier alpha value is -5.39. The second kappa shape index (κ2) is 16.5. The summed E-state index contributed by atoms with van der Waals surface area (Å²) in [4.78, 5) is 54.5. The average molecular weight is 817 g/mol. The maximum Gasteiger partial charge on any atom is 0.333 e. The summed E-state index contributed by atoms with van der Waals surface area (Å²) in [6.07, 6.45) is 3.47. The number of aromatic nitrogens is 3. The van der Waals surface area contributed by atoms with Crippen molar-refractivity contribution in [1.82, 2.24) is 14.1 Å². The highest BCUT2D eigenvalue weighted by Gasteiger charge is 2.55. The number of aryl methyl sites for hydroxylation is 1. The van der Waals surface area contributed by atoms with Gasteiger partial charge in [0.05, 0.1) is 29.1 Å². The van der Waals surface area contributed by atoms with Gasteiger partial charge in [0.15, 0.2) is 0 Å². The van der Waals surface area contributed by atoms with Crippen LogP contribution in [-0.4, -0.2) is 47.7 Å². The van der Waals surface area contributed by atoms with Crippen LogP contribution in [0.3, 0.4) is 0 Å². The van der Waals surface area contributed by atoms with Gasteiger partial charge in [0.25, 0.3) is 5.56 Å². The smallest absolute Gasteiger partial charge is 0.333 e. The minimum atomic E-state index is -3.46. The van der Waals surface area contributed by atoms with E-state index in [1.165, 1.54) is 28.4 Å². The van der Waals surface area contributed by atoms with Gasteiger partial charge in [-0.2, -0.15) is 0 Å². The zero-order valence-corrected chi connectivity index (χ0v) is 35.5. The predicted octanol–water partition coefficient (Wildman–Crippen LogP) is 7.38. The number of ether oxygens (including phenoxy) is 2. The summed E-state index contributed by atoms with van der Waals surface area (Å²) < 4.78 is 27.7. The number of oxazole rings is 1. The molecule has 58 heavy (non-hydrogen) atoms. The van der Waals surface area contributed by atoms with Crippen LogP contribution in [0.5, 0.6) is 0 Å². The Morgan fingerprint density at radius 3 is 2.17 bits per heavy atom. The summed E-state index contributed by atoms with van der Waals surface area (Å²) >= 11 is 1.23. The van der Waals surface area contributed by atoms with Crippen LogP contribution >= 0.6 is 11.3 Å². The molecule has 300 valence electrons. The van der Waals surface area contributed by atoms with Crippen molar-refractivity contribution in [3.8, 4) is 10.8 Å². The molecule has 1 atom stereocenters. The molecule has 3 aromatic heterocycles. The first-order chi connectivity index (χ1) is 27.8. The van der Waals surface area contributed by atoms with Gasteiger partial charge in [-0.3, -0.25) is 14.2 Å². The van der Waals surface area contributed by atoms with Gasteiger partial charge in [0.2, 0.25) is 12.4 Å². The fourth-order valence-corrected chi connectivity index (χ4v) is 13.7. The number of hydrogen-bond acceptors (Lipinski definition) is 9. The zero-order valence-electron chi connectivity index (χ0n) is 33.7. The van der Waals surface area contributed by atoms with E-state index in [4.69, 9.17) is 24.9 Å². The number of carbonyl (C=O) groups excluding carboxylic acids is 1. The molecule has 1 aliphatic heterocycles. The molecule has 0 saturated carbocycles. The van der Waals surface area contributed by atoms with E-state index >= 15 is 14.4 Å². The van der Waals surface area contributed by atoms with Gasteiger partial charge >= 0.3 is 20.0 Å². The molecular formula is C45H48N4O7SSi. The molecule has 13 heteroatoms. The van der Waals surface area contributed by atoms with Crippen LogP contribution in [0, 0.1) is 13.5 Å². The van der Waals surface area contributed by atoms with E-state index in [9.17, 15) is 0 Å². The molecule has 11 nitrogen and oxygen atoms in total. The summed E-state index contributed by atoms with van der Waals surface area (Å²) in [7, 11) is -3.46. The lowest BCUT2D eigenvalue weighted by molar-refractivity contribution is -0.144. The fraction of sp³-hybridized carbons (Fsp3) is 0.356. The lowest BCUT2D eigenvalue weighted by Gasteiger charge is -2.43. The van der Waals surface area contributed by atoms with Crippen molar-refractivity contribution in [1.29, 1.82) is 0 Å². The lowest BCUT2D eigenvalue weighted by Crippen LogP contribution is -2.69. The first-order valence-corrected chi connectivity index (χ1v) is 22.2. The van der Waals surface area contributed by atoms with Gasteiger partial charge in [0, 0.05) is 18.8 Å². The molecule has 1 aliphatic rings. The van der Waals surface area contributed by atoms with Crippen LogP contribution in [0.2, 0.25) is 5.04 Å². The van der Waals surface area contributed by atoms with Crippen molar-refractivity contribution < 1.29 is 23.1 Å². The largest absolute Gasteiger partial charge is 0.508 e. The standard InChI is InChI=1S/C45H48N4O7SSi/c1-30-37-40(50)49(45(5,6)42(51)56-58(44(2,3)4,33-17-10-8-11-18-33)34-19-12-9-13-20-34)43(52)48(41(37)57-38(30)39-47-24-27-54-39)29-36(55-32-22-25-53-26-23-32)35-21-15-14-16-31(35)28-46-7/h8-21,24,27,32,36H,22-23,25-26,28-29H2,1-6H3. The van der Waals surface area contributed by atoms with E-state index in [0.717, 1.165) is 26.1 Å². The predicted molar refractivity (Wildman–Crippen MR) is 228 cm³/mol. The Labute approximate surface area is 342 Å². The molecular weight excluding hydrogens is 769 g/mol. The number of benzene rings is 3. The third kappa shape index (κ3) is 7.41. The number of rotatable bonds is 12. The lowest BCUT2D eigenvalue weighted by atomic mass is 10.0. The van der Waals surface area contributed by atoms with E-state index in [1.807, 2.05) is 84.9 Å². The first kappa shape index (κ1) is 40.8. The Morgan fingerprint density at radius 2 is 1.59 bits per heavy atom.